The summed E-state index contributed by atoms with van der Waals surface area (Å²) >= 11 is 1.67. The molecule has 0 spiro atoms. The zero-order chi connectivity index (χ0) is 18.6. The highest BCUT2D eigenvalue weighted by Gasteiger charge is 2.30. The van der Waals surface area contributed by atoms with E-state index in [0.29, 0.717) is 13.1 Å². The molecule has 0 saturated carbocycles. The molecule has 1 aliphatic heterocycles. The minimum atomic E-state index is -3.56. The largest absolute Gasteiger partial charge is 0.332 e. The van der Waals surface area contributed by atoms with Gasteiger partial charge < -0.3 is 4.90 Å². The summed E-state index contributed by atoms with van der Waals surface area (Å²) in [6.07, 6.45) is 0. The van der Waals surface area contributed by atoms with Gasteiger partial charge in [0.1, 0.15) is 11.6 Å². The second kappa shape index (κ2) is 8.47. The van der Waals surface area contributed by atoms with Gasteiger partial charge in [0.15, 0.2) is 0 Å². The summed E-state index contributed by atoms with van der Waals surface area (Å²) in [5.41, 5.74) is 0. The van der Waals surface area contributed by atoms with E-state index in [1.165, 1.54) is 45.6 Å². The molecule has 4 nitrogen and oxygen atoms in total. The zero-order valence-corrected chi connectivity index (χ0v) is 15.8. The Labute approximate surface area is 156 Å². The molecule has 140 valence electrons. The van der Waals surface area contributed by atoms with Crippen molar-refractivity contribution in [3.05, 3.63) is 60.2 Å². The number of quaternary nitrogens is 1. The van der Waals surface area contributed by atoms with Gasteiger partial charge in [-0.25, -0.2) is 17.2 Å². The van der Waals surface area contributed by atoms with Crippen molar-refractivity contribution in [1.29, 1.82) is 0 Å². The Hall–Kier alpha value is -1.48. The van der Waals surface area contributed by atoms with Crippen LogP contribution in [0.4, 0.5) is 8.78 Å². The van der Waals surface area contributed by atoms with Crippen LogP contribution in [-0.2, 0) is 10.0 Å². The number of sulfonamides is 1. The second-order valence-corrected chi connectivity index (χ2v) is 9.27. The molecule has 0 atom stereocenters. The molecule has 0 aromatic heterocycles. The molecule has 8 heteroatoms. The van der Waals surface area contributed by atoms with Gasteiger partial charge in [-0.05, 0) is 48.5 Å². The van der Waals surface area contributed by atoms with Crippen molar-refractivity contribution in [2.24, 2.45) is 0 Å². The van der Waals surface area contributed by atoms with Crippen LogP contribution in [0.25, 0.3) is 0 Å². The Kier molecular flexibility index (Phi) is 6.29. The van der Waals surface area contributed by atoms with Crippen LogP contribution in [0.15, 0.2) is 58.3 Å². The third-order valence-corrected chi connectivity index (χ3v) is 7.35. The smallest absolute Gasteiger partial charge is 0.243 e. The Balaban J connectivity index is 1.47. The van der Waals surface area contributed by atoms with E-state index in [1.54, 1.807) is 23.9 Å². The van der Waals surface area contributed by atoms with Crippen LogP contribution < -0.4 is 4.90 Å². The summed E-state index contributed by atoms with van der Waals surface area (Å²) in [5.74, 6) is 0.210. The fraction of sp³-hybridized carbons (Fsp3) is 0.333. The highest BCUT2D eigenvalue weighted by Crippen LogP contribution is 2.18. The summed E-state index contributed by atoms with van der Waals surface area (Å²) in [7, 11) is -3.56. The highest BCUT2D eigenvalue weighted by atomic mass is 32.2. The zero-order valence-electron chi connectivity index (χ0n) is 14.2. The number of rotatable bonds is 6. The number of thioether (sulfide) groups is 1. The van der Waals surface area contributed by atoms with E-state index < -0.39 is 15.8 Å². The predicted octanol–water partition coefficient (Wildman–Crippen LogP) is 1.65. The van der Waals surface area contributed by atoms with Crippen molar-refractivity contribution in [2.45, 2.75) is 9.79 Å². The van der Waals surface area contributed by atoms with Gasteiger partial charge in [-0.2, -0.15) is 4.31 Å². The van der Waals surface area contributed by atoms with Gasteiger partial charge in [0, 0.05) is 10.6 Å². The summed E-state index contributed by atoms with van der Waals surface area (Å²) in [5, 5.41) is 0. The third kappa shape index (κ3) is 4.82. The molecule has 0 unspecified atom stereocenters. The number of hydrogen-bond donors (Lipinski definition) is 1. The van der Waals surface area contributed by atoms with E-state index in [1.807, 2.05) is 0 Å². The van der Waals surface area contributed by atoms with E-state index >= 15 is 0 Å². The lowest BCUT2D eigenvalue weighted by Crippen LogP contribution is -3.15. The van der Waals surface area contributed by atoms with Gasteiger partial charge in [-0.15, -0.1) is 11.8 Å². The minimum absolute atomic E-state index is 0.134. The normalized spacial score (nSPS) is 16.7. The van der Waals surface area contributed by atoms with E-state index in [2.05, 4.69) is 0 Å². The monoisotopic (exact) mass is 399 g/mol. The van der Waals surface area contributed by atoms with E-state index in [9.17, 15) is 17.2 Å². The predicted molar refractivity (Wildman–Crippen MR) is 97.8 cm³/mol. The number of benzene rings is 2. The van der Waals surface area contributed by atoms with Gasteiger partial charge in [-0.1, -0.05) is 0 Å². The average Bonchev–Trinajstić information content (AvgIpc) is 2.64. The van der Waals surface area contributed by atoms with Gasteiger partial charge in [0.2, 0.25) is 10.0 Å². The SMILES string of the molecule is O=S(=O)(c1ccc(F)cc1)N1CC[NH+](CCSc2ccc(F)cc2)CC1. The Morgan fingerprint density at radius 1 is 0.923 bits per heavy atom. The highest BCUT2D eigenvalue weighted by molar-refractivity contribution is 7.99. The van der Waals surface area contributed by atoms with Crippen molar-refractivity contribution in [3.8, 4) is 0 Å². The molecule has 2 aromatic carbocycles. The molecule has 0 radical (unpaired) electrons. The number of nitrogens with zero attached hydrogens (tertiary/aromatic N) is 1. The number of halogens is 2. The van der Waals surface area contributed by atoms with Crippen molar-refractivity contribution in [3.63, 3.8) is 0 Å². The molecule has 0 aliphatic carbocycles. The van der Waals surface area contributed by atoms with Crippen LogP contribution in [0.1, 0.15) is 0 Å². The van der Waals surface area contributed by atoms with Gasteiger partial charge in [0.05, 0.1) is 37.6 Å². The first-order valence-electron chi connectivity index (χ1n) is 8.43. The molecule has 1 aliphatic rings. The molecule has 1 saturated heterocycles. The lowest BCUT2D eigenvalue weighted by atomic mass is 10.3. The maximum absolute atomic E-state index is 13.0. The molecular formula is C18H21F2N2O2S2+. The molecule has 0 amide bonds. The van der Waals surface area contributed by atoms with Crippen LogP contribution >= 0.6 is 11.8 Å². The quantitative estimate of drug-likeness (QED) is 0.751. The average molecular weight is 400 g/mol. The fourth-order valence-corrected chi connectivity index (χ4v) is 5.29. The lowest BCUT2D eigenvalue weighted by Gasteiger charge is -2.31. The Morgan fingerprint density at radius 2 is 1.46 bits per heavy atom. The lowest BCUT2D eigenvalue weighted by molar-refractivity contribution is -0.901. The van der Waals surface area contributed by atoms with E-state index in [4.69, 9.17) is 0 Å². The van der Waals surface area contributed by atoms with Crippen molar-refractivity contribution >= 4 is 21.8 Å². The van der Waals surface area contributed by atoms with Crippen molar-refractivity contribution in [1.82, 2.24) is 4.31 Å². The number of nitrogens with one attached hydrogen (secondary N) is 1. The molecule has 1 fully saturated rings. The topological polar surface area (TPSA) is 41.8 Å². The maximum Gasteiger partial charge on any atom is 0.243 e. The Morgan fingerprint density at radius 3 is 2.04 bits per heavy atom. The molecular weight excluding hydrogens is 378 g/mol. The summed E-state index contributed by atoms with van der Waals surface area (Å²) < 4.78 is 52.5. The fourth-order valence-electron chi connectivity index (χ4n) is 2.89. The van der Waals surface area contributed by atoms with Crippen LogP contribution in [0.2, 0.25) is 0 Å². The molecule has 1 N–H and O–H groups in total. The van der Waals surface area contributed by atoms with E-state index in [-0.39, 0.29) is 10.7 Å². The third-order valence-electron chi connectivity index (χ3n) is 4.42. The van der Waals surface area contributed by atoms with Gasteiger partial charge in [0.25, 0.3) is 0 Å². The second-order valence-electron chi connectivity index (χ2n) is 6.16. The molecule has 0 bridgehead atoms. The first kappa shape index (κ1) is 19.3. The van der Waals surface area contributed by atoms with Crippen molar-refractivity contribution in [2.75, 3.05) is 38.5 Å². The standard InChI is InChI=1S/C18H20F2N2O2S2/c19-15-1-5-17(6-2-15)25-14-13-21-9-11-22(12-10-21)26(23,24)18-7-3-16(20)4-8-18/h1-8H,9-14H2/p+1. The first-order valence-corrected chi connectivity index (χ1v) is 10.9. The first-order chi connectivity index (χ1) is 12.4. The van der Waals surface area contributed by atoms with Crippen LogP contribution in [0.3, 0.4) is 0 Å². The maximum atomic E-state index is 13.0. The molecule has 2 aromatic rings. The van der Waals surface area contributed by atoms with Gasteiger partial charge >= 0.3 is 0 Å². The van der Waals surface area contributed by atoms with E-state index in [0.717, 1.165) is 30.3 Å². The van der Waals surface area contributed by atoms with Gasteiger partial charge in [-0.3, -0.25) is 0 Å². The minimum Gasteiger partial charge on any atom is -0.332 e. The number of hydrogen-bond acceptors (Lipinski definition) is 3. The van der Waals surface area contributed by atoms with Crippen LogP contribution in [-0.4, -0.2) is 51.2 Å². The molecule has 26 heavy (non-hydrogen) atoms. The van der Waals surface area contributed by atoms with Crippen LogP contribution in [0.5, 0.6) is 0 Å². The van der Waals surface area contributed by atoms with Crippen molar-refractivity contribution < 1.29 is 22.1 Å². The summed E-state index contributed by atoms with van der Waals surface area (Å²) in [4.78, 5) is 2.52. The Bertz CT molecular complexity index is 819. The summed E-state index contributed by atoms with van der Waals surface area (Å²) in [6, 6.07) is 11.4. The number of piperazine rings is 1. The van der Waals surface area contributed by atoms with Crippen LogP contribution in [0, 0.1) is 11.6 Å². The molecule has 3 rings (SSSR count). The summed E-state index contributed by atoms with van der Waals surface area (Å²) in [6.45, 7) is 3.31. The molecule has 1 heterocycles.